The maximum absolute atomic E-state index is 12.5. The molecule has 8 nitrogen and oxygen atoms in total. The second kappa shape index (κ2) is 7.58. The fraction of sp³-hybridized carbons (Fsp3) is 0.789. The van der Waals surface area contributed by atoms with E-state index in [1.807, 2.05) is 0 Å². The molecule has 3 heterocycles. The lowest BCUT2D eigenvalue weighted by Crippen LogP contribution is -2.53. The Hall–Kier alpha value is -1.96. The van der Waals surface area contributed by atoms with Crippen molar-refractivity contribution in [3.63, 3.8) is 0 Å². The maximum Gasteiger partial charge on any atom is 0.292 e. The van der Waals surface area contributed by atoms with Crippen molar-refractivity contribution in [2.75, 3.05) is 26.7 Å². The van der Waals surface area contributed by atoms with Gasteiger partial charge in [0.1, 0.15) is 0 Å². The van der Waals surface area contributed by atoms with Crippen molar-refractivity contribution in [3.8, 4) is 0 Å². The van der Waals surface area contributed by atoms with E-state index >= 15 is 0 Å². The molecule has 1 aliphatic carbocycles. The second-order valence-corrected chi connectivity index (χ2v) is 8.33. The van der Waals surface area contributed by atoms with Crippen molar-refractivity contribution in [1.82, 2.24) is 25.3 Å². The monoisotopic (exact) mass is 375 g/mol. The minimum Gasteiger partial charge on any atom is -0.352 e. The molecule has 2 aliphatic heterocycles. The lowest BCUT2D eigenvalue weighted by atomic mass is 9.72. The summed E-state index contributed by atoms with van der Waals surface area (Å²) >= 11 is 0. The highest BCUT2D eigenvalue weighted by molar-refractivity contribution is 5.89. The molecule has 148 valence electrons. The maximum atomic E-state index is 12.5. The van der Waals surface area contributed by atoms with E-state index < -0.39 is 0 Å². The minimum atomic E-state index is -0.332. The Morgan fingerprint density at radius 2 is 2.00 bits per heavy atom. The summed E-state index contributed by atoms with van der Waals surface area (Å²) in [6, 6.07) is 0.481. The Morgan fingerprint density at radius 3 is 2.70 bits per heavy atom. The van der Waals surface area contributed by atoms with Crippen LogP contribution in [0.1, 0.15) is 67.9 Å². The number of aromatic nitrogens is 2. The van der Waals surface area contributed by atoms with Crippen LogP contribution in [0.25, 0.3) is 0 Å². The first-order valence-corrected chi connectivity index (χ1v) is 10.2. The average molecular weight is 375 g/mol. The number of rotatable bonds is 4. The molecule has 2 amide bonds. The third-order valence-electron chi connectivity index (χ3n) is 6.63. The van der Waals surface area contributed by atoms with Gasteiger partial charge >= 0.3 is 0 Å². The summed E-state index contributed by atoms with van der Waals surface area (Å²) in [5, 5.41) is 6.23. The molecule has 0 radical (unpaired) electrons. The van der Waals surface area contributed by atoms with Crippen LogP contribution in [0.15, 0.2) is 4.52 Å². The summed E-state index contributed by atoms with van der Waals surface area (Å²) in [6.45, 7) is 3.44. The molecular weight excluding hydrogens is 346 g/mol. The Balaban J connectivity index is 1.33. The van der Waals surface area contributed by atoms with E-state index in [1.165, 1.54) is 25.7 Å². The molecule has 1 aromatic heterocycles. The zero-order valence-electron chi connectivity index (χ0n) is 16.1. The van der Waals surface area contributed by atoms with Crippen molar-refractivity contribution in [2.24, 2.45) is 5.41 Å². The molecule has 0 aromatic carbocycles. The fourth-order valence-corrected chi connectivity index (χ4v) is 4.90. The van der Waals surface area contributed by atoms with E-state index in [0.29, 0.717) is 30.8 Å². The van der Waals surface area contributed by atoms with E-state index in [9.17, 15) is 9.59 Å². The highest BCUT2D eigenvalue weighted by Crippen LogP contribution is 2.42. The molecule has 0 unspecified atom stereocenters. The predicted octanol–water partition coefficient (Wildman–Crippen LogP) is 1.58. The summed E-state index contributed by atoms with van der Waals surface area (Å²) < 4.78 is 5.21. The van der Waals surface area contributed by atoms with Gasteiger partial charge in [-0.05, 0) is 50.6 Å². The van der Waals surface area contributed by atoms with Gasteiger partial charge in [-0.1, -0.05) is 18.0 Å². The number of hydrogen-bond acceptors (Lipinski definition) is 6. The second-order valence-electron chi connectivity index (χ2n) is 8.33. The highest BCUT2D eigenvalue weighted by Gasteiger charge is 2.43. The van der Waals surface area contributed by atoms with Crippen molar-refractivity contribution in [1.29, 1.82) is 0 Å². The van der Waals surface area contributed by atoms with Crippen LogP contribution in [0.2, 0.25) is 0 Å². The molecule has 3 aliphatic rings. The Kier molecular flexibility index (Phi) is 5.16. The number of amides is 2. The zero-order valence-corrected chi connectivity index (χ0v) is 16.1. The number of nitrogens with zero attached hydrogens (tertiary/aromatic N) is 4. The summed E-state index contributed by atoms with van der Waals surface area (Å²) in [6.07, 6.45) is 8.80. The molecule has 1 aromatic rings. The standard InChI is InChI=1S/C19H29N5O3/c1-20-18(26)17-21-15(27-22-17)12-23-10-8-19(9-11-23)7-6-16(25)24(13-19)14-4-2-3-5-14/h14H,2-13H2,1H3,(H,20,26). The first kappa shape index (κ1) is 18.4. The van der Waals surface area contributed by atoms with Gasteiger partial charge in [0.05, 0.1) is 6.54 Å². The van der Waals surface area contributed by atoms with Crippen molar-refractivity contribution in [3.05, 3.63) is 11.7 Å². The van der Waals surface area contributed by atoms with Gasteiger partial charge in [-0.2, -0.15) is 4.98 Å². The van der Waals surface area contributed by atoms with E-state index in [-0.39, 0.29) is 17.1 Å². The molecule has 1 spiro atoms. The first-order chi connectivity index (χ1) is 13.1. The summed E-state index contributed by atoms with van der Waals surface area (Å²) in [5.41, 5.74) is 0.273. The smallest absolute Gasteiger partial charge is 0.292 e. The quantitative estimate of drug-likeness (QED) is 0.859. The SMILES string of the molecule is CNC(=O)c1noc(CN2CCC3(CCC(=O)N(C4CCCC4)C3)CC2)n1. The topological polar surface area (TPSA) is 91.6 Å². The molecule has 0 atom stereocenters. The number of hydrogen-bond donors (Lipinski definition) is 1. The molecule has 2 saturated heterocycles. The fourth-order valence-electron chi connectivity index (χ4n) is 4.90. The molecular formula is C19H29N5O3. The van der Waals surface area contributed by atoms with Crippen LogP contribution < -0.4 is 5.32 Å². The van der Waals surface area contributed by atoms with Gasteiger partial charge in [-0.25, -0.2) is 0 Å². The van der Waals surface area contributed by atoms with E-state index in [2.05, 4.69) is 25.3 Å². The molecule has 0 bridgehead atoms. The van der Waals surface area contributed by atoms with Crippen LogP contribution in [0.5, 0.6) is 0 Å². The minimum absolute atomic E-state index is 0.0824. The van der Waals surface area contributed by atoms with Crippen LogP contribution >= 0.6 is 0 Å². The number of likely N-dealkylation sites (tertiary alicyclic amines) is 2. The lowest BCUT2D eigenvalue weighted by Gasteiger charge is -2.48. The summed E-state index contributed by atoms with van der Waals surface area (Å²) in [7, 11) is 1.55. The Labute approximate surface area is 159 Å². The predicted molar refractivity (Wildman–Crippen MR) is 97.8 cm³/mol. The van der Waals surface area contributed by atoms with E-state index in [1.54, 1.807) is 7.05 Å². The van der Waals surface area contributed by atoms with Crippen LogP contribution in [0.3, 0.4) is 0 Å². The highest BCUT2D eigenvalue weighted by atomic mass is 16.5. The number of carbonyl (C=O) groups excluding carboxylic acids is 2. The average Bonchev–Trinajstić information content (AvgIpc) is 3.37. The van der Waals surface area contributed by atoms with Gasteiger partial charge in [0.2, 0.25) is 11.8 Å². The van der Waals surface area contributed by atoms with Crippen LogP contribution in [-0.2, 0) is 11.3 Å². The zero-order chi connectivity index (χ0) is 18.9. The third kappa shape index (κ3) is 3.85. The van der Waals surface area contributed by atoms with Gasteiger partial charge in [0, 0.05) is 26.1 Å². The largest absolute Gasteiger partial charge is 0.352 e. The summed E-state index contributed by atoms with van der Waals surface area (Å²) in [5.74, 6) is 0.596. The van der Waals surface area contributed by atoms with Gasteiger partial charge in [-0.15, -0.1) is 0 Å². The van der Waals surface area contributed by atoms with Gasteiger partial charge in [0.15, 0.2) is 0 Å². The van der Waals surface area contributed by atoms with Crippen LogP contribution in [-0.4, -0.2) is 64.5 Å². The molecule has 4 rings (SSSR count). The number of carbonyl (C=O) groups is 2. The normalized spacial score (nSPS) is 23.9. The number of nitrogens with one attached hydrogen (secondary N) is 1. The van der Waals surface area contributed by atoms with Crippen molar-refractivity contribution in [2.45, 2.75) is 64.0 Å². The third-order valence-corrected chi connectivity index (χ3v) is 6.63. The first-order valence-electron chi connectivity index (χ1n) is 10.2. The molecule has 3 fully saturated rings. The molecule has 8 heteroatoms. The Morgan fingerprint density at radius 1 is 1.26 bits per heavy atom. The van der Waals surface area contributed by atoms with Crippen molar-refractivity contribution < 1.29 is 14.1 Å². The van der Waals surface area contributed by atoms with Crippen LogP contribution in [0.4, 0.5) is 0 Å². The molecule has 27 heavy (non-hydrogen) atoms. The van der Waals surface area contributed by atoms with E-state index in [4.69, 9.17) is 4.52 Å². The van der Waals surface area contributed by atoms with Gasteiger partial charge in [0.25, 0.3) is 11.7 Å². The molecule has 1 saturated carbocycles. The van der Waals surface area contributed by atoms with E-state index in [0.717, 1.165) is 38.9 Å². The number of piperidine rings is 2. The summed E-state index contributed by atoms with van der Waals surface area (Å²) in [4.78, 5) is 32.7. The lowest BCUT2D eigenvalue weighted by molar-refractivity contribution is -0.142. The van der Waals surface area contributed by atoms with Crippen molar-refractivity contribution >= 4 is 11.8 Å². The van der Waals surface area contributed by atoms with Gasteiger partial charge in [-0.3, -0.25) is 14.5 Å². The Bertz CT molecular complexity index is 689. The van der Waals surface area contributed by atoms with Gasteiger partial charge < -0.3 is 14.7 Å². The van der Waals surface area contributed by atoms with Crippen LogP contribution in [0, 0.1) is 5.41 Å². The molecule has 1 N–H and O–H groups in total.